The number of aliphatic hydroxyl groups excluding tert-OH is 1. The summed E-state index contributed by atoms with van der Waals surface area (Å²) in [4.78, 5) is 0.196. The van der Waals surface area contributed by atoms with Crippen LogP contribution in [0.2, 0.25) is 0 Å². The Morgan fingerprint density at radius 1 is 1.29 bits per heavy atom. The van der Waals surface area contributed by atoms with Crippen LogP contribution in [-0.4, -0.2) is 37.0 Å². The topological polar surface area (TPSA) is 83.6 Å². The molecule has 1 aliphatic rings. The van der Waals surface area contributed by atoms with E-state index in [0.717, 1.165) is 19.3 Å². The van der Waals surface area contributed by atoms with E-state index in [-0.39, 0.29) is 17.5 Å². The minimum Gasteiger partial charge on any atom is -0.399 e. The molecule has 0 radical (unpaired) electrons. The smallest absolute Gasteiger partial charge is 0.245 e. The fourth-order valence-corrected chi connectivity index (χ4v) is 6.94. The maximum absolute atomic E-state index is 13.0. The van der Waals surface area contributed by atoms with Gasteiger partial charge in [0.25, 0.3) is 0 Å². The van der Waals surface area contributed by atoms with Crippen LogP contribution in [0.1, 0.15) is 25.7 Å². The highest BCUT2D eigenvalue weighted by molar-refractivity contribution is 9.11. The Morgan fingerprint density at radius 2 is 1.90 bits per heavy atom. The van der Waals surface area contributed by atoms with Crippen LogP contribution < -0.4 is 5.73 Å². The summed E-state index contributed by atoms with van der Waals surface area (Å²) in [5.41, 5.74) is 6.21. The standard InChI is InChI=1S/C13H18Br2N2O3S/c14-11-7-9(16)8-12(15)13(11)21(19,20)17-5-2-1-3-10(17)4-6-18/h7-8,10,18H,1-6,16H2. The number of piperidine rings is 1. The number of hydrogen-bond donors (Lipinski definition) is 2. The molecule has 1 aromatic rings. The lowest BCUT2D eigenvalue weighted by molar-refractivity contribution is 0.192. The molecule has 5 nitrogen and oxygen atoms in total. The van der Waals surface area contributed by atoms with Crippen molar-refractivity contribution in [3.63, 3.8) is 0 Å². The van der Waals surface area contributed by atoms with Crippen LogP contribution in [0, 0.1) is 0 Å². The molecule has 2 rings (SSSR count). The predicted molar refractivity (Wildman–Crippen MR) is 89.5 cm³/mol. The zero-order valence-electron chi connectivity index (χ0n) is 11.4. The number of aliphatic hydroxyl groups is 1. The van der Waals surface area contributed by atoms with Crippen molar-refractivity contribution in [2.45, 2.75) is 36.6 Å². The molecule has 1 aromatic carbocycles. The van der Waals surface area contributed by atoms with Crippen LogP contribution in [0.15, 0.2) is 26.0 Å². The summed E-state index contributed by atoms with van der Waals surface area (Å²) in [6, 6.07) is 3.02. The van der Waals surface area contributed by atoms with E-state index in [4.69, 9.17) is 10.8 Å². The number of rotatable bonds is 4. The van der Waals surface area contributed by atoms with Gasteiger partial charge in [-0.05, 0) is 63.3 Å². The first-order valence-corrected chi connectivity index (χ1v) is 9.77. The molecule has 1 unspecified atom stereocenters. The third kappa shape index (κ3) is 3.61. The van der Waals surface area contributed by atoms with Crippen molar-refractivity contribution >= 4 is 47.6 Å². The molecule has 3 N–H and O–H groups in total. The lowest BCUT2D eigenvalue weighted by atomic mass is 10.0. The van der Waals surface area contributed by atoms with Gasteiger partial charge in [-0.3, -0.25) is 0 Å². The lowest BCUT2D eigenvalue weighted by Gasteiger charge is -2.34. The summed E-state index contributed by atoms with van der Waals surface area (Å²) in [5.74, 6) is 0. The molecule has 1 fully saturated rings. The van der Waals surface area contributed by atoms with Crippen molar-refractivity contribution in [1.29, 1.82) is 0 Å². The van der Waals surface area contributed by atoms with Gasteiger partial charge in [0.05, 0.1) is 0 Å². The van der Waals surface area contributed by atoms with Gasteiger partial charge >= 0.3 is 0 Å². The number of benzene rings is 1. The molecule has 0 bridgehead atoms. The van der Waals surface area contributed by atoms with Crippen LogP contribution in [-0.2, 0) is 10.0 Å². The monoisotopic (exact) mass is 440 g/mol. The molecule has 0 aromatic heterocycles. The van der Waals surface area contributed by atoms with E-state index in [2.05, 4.69) is 31.9 Å². The minimum atomic E-state index is -3.64. The second-order valence-corrected chi connectivity index (χ2v) is 8.63. The Hall–Kier alpha value is -0.150. The van der Waals surface area contributed by atoms with Gasteiger partial charge in [0.2, 0.25) is 10.0 Å². The van der Waals surface area contributed by atoms with Crippen molar-refractivity contribution in [2.75, 3.05) is 18.9 Å². The van der Waals surface area contributed by atoms with Crippen molar-refractivity contribution in [3.8, 4) is 0 Å². The van der Waals surface area contributed by atoms with Gasteiger partial charge in [-0.1, -0.05) is 6.42 Å². The quantitative estimate of drug-likeness (QED) is 0.703. The van der Waals surface area contributed by atoms with E-state index in [1.54, 1.807) is 12.1 Å². The highest BCUT2D eigenvalue weighted by atomic mass is 79.9. The predicted octanol–water partition coefficient (Wildman–Crippen LogP) is 2.72. The molecular weight excluding hydrogens is 424 g/mol. The number of anilines is 1. The number of nitrogens with two attached hydrogens (primary N) is 1. The fraction of sp³-hybridized carbons (Fsp3) is 0.538. The largest absolute Gasteiger partial charge is 0.399 e. The Labute approximate surface area is 141 Å². The highest BCUT2D eigenvalue weighted by Crippen LogP contribution is 2.36. The minimum absolute atomic E-state index is 0.0131. The number of nitrogens with zero attached hydrogens (tertiary/aromatic N) is 1. The lowest BCUT2D eigenvalue weighted by Crippen LogP contribution is -2.44. The molecular formula is C13H18Br2N2O3S. The molecule has 118 valence electrons. The SMILES string of the molecule is Nc1cc(Br)c(S(=O)(=O)N2CCCCC2CCO)c(Br)c1. The first-order valence-electron chi connectivity index (χ1n) is 6.75. The summed E-state index contributed by atoms with van der Waals surface area (Å²) < 4.78 is 28.3. The molecule has 0 amide bonds. The van der Waals surface area contributed by atoms with Crippen LogP contribution in [0.25, 0.3) is 0 Å². The van der Waals surface area contributed by atoms with Gasteiger partial charge in [-0.15, -0.1) is 0 Å². The average Bonchev–Trinajstić information content (AvgIpc) is 2.37. The third-order valence-electron chi connectivity index (χ3n) is 3.62. The van der Waals surface area contributed by atoms with Gasteiger partial charge in [0.15, 0.2) is 0 Å². The zero-order chi connectivity index (χ0) is 15.6. The van der Waals surface area contributed by atoms with Crippen molar-refractivity contribution in [2.24, 2.45) is 0 Å². The van der Waals surface area contributed by atoms with Crippen molar-refractivity contribution in [1.82, 2.24) is 4.31 Å². The zero-order valence-corrected chi connectivity index (χ0v) is 15.4. The van der Waals surface area contributed by atoms with E-state index >= 15 is 0 Å². The fourth-order valence-electron chi connectivity index (χ4n) is 2.67. The maximum atomic E-state index is 13.0. The van der Waals surface area contributed by atoms with Gasteiger partial charge in [-0.25, -0.2) is 8.42 Å². The van der Waals surface area contributed by atoms with Crippen molar-refractivity contribution < 1.29 is 13.5 Å². The molecule has 0 saturated carbocycles. The van der Waals surface area contributed by atoms with Crippen LogP contribution in [0.5, 0.6) is 0 Å². The Balaban J connectivity index is 2.45. The number of nitrogen functional groups attached to an aromatic ring is 1. The summed E-state index contributed by atoms with van der Waals surface area (Å²) in [6.07, 6.45) is 3.07. The summed E-state index contributed by atoms with van der Waals surface area (Å²) in [5, 5.41) is 9.16. The first kappa shape index (κ1) is 17.2. The Bertz CT molecular complexity index is 597. The first-order chi connectivity index (χ1) is 9.87. The molecule has 1 heterocycles. The average molecular weight is 442 g/mol. The van der Waals surface area contributed by atoms with Gasteiger partial charge < -0.3 is 10.8 Å². The molecule has 0 aliphatic carbocycles. The van der Waals surface area contributed by atoms with Gasteiger partial charge in [0.1, 0.15) is 4.90 Å². The summed E-state index contributed by atoms with van der Waals surface area (Å²) >= 11 is 6.59. The number of hydrogen-bond acceptors (Lipinski definition) is 4. The normalized spacial score (nSPS) is 20.6. The third-order valence-corrected chi connectivity index (χ3v) is 7.45. The highest BCUT2D eigenvalue weighted by Gasteiger charge is 2.35. The molecule has 1 atom stereocenters. The number of halogens is 2. The van der Waals surface area contributed by atoms with E-state index in [0.29, 0.717) is 27.6 Å². The Morgan fingerprint density at radius 3 is 2.48 bits per heavy atom. The molecule has 8 heteroatoms. The van der Waals surface area contributed by atoms with E-state index in [1.807, 2.05) is 0 Å². The van der Waals surface area contributed by atoms with Gasteiger partial charge in [0, 0.05) is 33.8 Å². The summed E-state index contributed by atoms with van der Waals surface area (Å²) in [7, 11) is -3.64. The number of sulfonamides is 1. The van der Waals surface area contributed by atoms with E-state index in [1.165, 1.54) is 4.31 Å². The van der Waals surface area contributed by atoms with Crippen LogP contribution in [0.3, 0.4) is 0 Å². The molecule has 0 spiro atoms. The molecule has 21 heavy (non-hydrogen) atoms. The van der Waals surface area contributed by atoms with E-state index in [9.17, 15) is 8.42 Å². The summed E-state index contributed by atoms with van der Waals surface area (Å²) in [6.45, 7) is 0.469. The maximum Gasteiger partial charge on any atom is 0.245 e. The second-order valence-electron chi connectivity index (χ2n) is 5.09. The molecule has 1 aliphatic heterocycles. The van der Waals surface area contributed by atoms with Crippen molar-refractivity contribution in [3.05, 3.63) is 21.1 Å². The molecule has 1 saturated heterocycles. The van der Waals surface area contributed by atoms with Gasteiger partial charge in [-0.2, -0.15) is 4.31 Å². The van der Waals surface area contributed by atoms with E-state index < -0.39 is 10.0 Å². The van der Waals surface area contributed by atoms with Crippen LogP contribution >= 0.6 is 31.9 Å². The van der Waals surface area contributed by atoms with Crippen LogP contribution in [0.4, 0.5) is 5.69 Å². The second kappa shape index (κ2) is 6.95. The Kier molecular flexibility index (Phi) is 5.70.